The lowest BCUT2D eigenvalue weighted by atomic mass is 10.2. The van der Waals surface area contributed by atoms with E-state index in [1.807, 2.05) is 31.2 Å². The van der Waals surface area contributed by atoms with Crippen molar-refractivity contribution >= 4 is 11.4 Å². The van der Waals surface area contributed by atoms with Gasteiger partial charge in [0, 0.05) is 6.07 Å². The van der Waals surface area contributed by atoms with E-state index in [2.05, 4.69) is 5.32 Å². The van der Waals surface area contributed by atoms with E-state index < -0.39 is 0 Å². The lowest BCUT2D eigenvalue weighted by Gasteiger charge is -2.09. The molecule has 3 N–H and O–H groups in total. The number of rotatable bonds is 4. The Morgan fingerprint density at radius 3 is 2.71 bits per heavy atom. The van der Waals surface area contributed by atoms with Crippen molar-refractivity contribution in [1.82, 2.24) is 0 Å². The number of benzene rings is 1. The van der Waals surface area contributed by atoms with Crippen LogP contribution in [0.25, 0.3) is 0 Å². The Labute approximate surface area is 100 Å². The zero-order valence-corrected chi connectivity index (χ0v) is 9.99. The van der Waals surface area contributed by atoms with Gasteiger partial charge in [0.2, 0.25) is 0 Å². The Kier molecular flexibility index (Phi) is 3.23. The predicted molar refractivity (Wildman–Crippen MR) is 68.2 cm³/mol. The molecule has 4 heteroatoms. The molecule has 0 saturated carbocycles. The number of furan rings is 1. The first-order chi connectivity index (χ1) is 8.19. The van der Waals surface area contributed by atoms with Crippen molar-refractivity contribution < 1.29 is 9.15 Å². The molecule has 1 aromatic carbocycles. The van der Waals surface area contributed by atoms with Crippen molar-refractivity contribution in [2.75, 3.05) is 18.2 Å². The second-order valence-electron chi connectivity index (χ2n) is 3.82. The number of nitrogens with two attached hydrogens (primary N) is 1. The number of methoxy groups -OCH3 is 1. The van der Waals surface area contributed by atoms with Gasteiger partial charge in [-0.15, -0.1) is 0 Å². The van der Waals surface area contributed by atoms with E-state index in [0.717, 1.165) is 23.0 Å². The largest absolute Gasteiger partial charge is 0.497 e. The molecule has 4 nitrogen and oxygen atoms in total. The third-order valence-electron chi connectivity index (χ3n) is 2.51. The summed E-state index contributed by atoms with van der Waals surface area (Å²) in [6.45, 7) is 2.54. The van der Waals surface area contributed by atoms with Crippen molar-refractivity contribution in [1.29, 1.82) is 0 Å². The molecule has 0 atom stereocenters. The minimum Gasteiger partial charge on any atom is -0.497 e. The summed E-state index contributed by atoms with van der Waals surface area (Å²) >= 11 is 0. The van der Waals surface area contributed by atoms with Crippen LogP contribution in [0.5, 0.6) is 5.75 Å². The number of nitrogen functional groups attached to an aromatic ring is 1. The number of aryl methyl sites for hydroxylation is 1. The van der Waals surface area contributed by atoms with E-state index in [1.165, 1.54) is 0 Å². The first kappa shape index (κ1) is 11.4. The van der Waals surface area contributed by atoms with Crippen LogP contribution in [0.4, 0.5) is 11.4 Å². The number of nitrogens with one attached hydrogen (secondary N) is 1. The zero-order valence-electron chi connectivity index (χ0n) is 9.99. The molecular formula is C13H16N2O2. The summed E-state index contributed by atoms with van der Waals surface area (Å²) in [6, 6.07) is 9.43. The van der Waals surface area contributed by atoms with Gasteiger partial charge in [-0.3, -0.25) is 0 Å². The molecule has 0 aliphatic rings. The molecule has 0 spiro atoms. The summed E-state index contributed by atoms with van der Waals surface area (Å²) in [4.78, 5) is 0. The molecule has 0 bridgehead atoms. The Hall–Kier alpha value is -2.10. The fourth-order valence-electron chi connectivity index (χ4n) is 1.59. The maximum atomic E-state index is 5.89. The minimum absolute atomic E-state index is 0.615. The maximum absolute atomic E-state index is 5.89. The highest BCUT2D eigenvalue weighted by atomic mass is 16.5. The summed E-state index contributed by atoms with van der Waals surface area (Å²) in [5.74, 6) is 2.55. The minimum atomic E-state index is 0.615. The molecule has 0 amide bonds. The molecule has 0 fully saturated rings. The van der Waals surface area contributed by atoms with Gasteiger partial charge in [-0.05, 0) is 31.2 Å². The van der Waals surface area contributed by atoms with E-state index >= 15 is 0 Å². The molecule has 0 aliphatic heterocycles. The van der Waals surface area contributed by atoms with Gasteiger partial charge in [0.1, 0.15) is 17.3 Å². The van der Waals surface area contributed by atoms with Crippen LogP contribution in [0.2, 0.25) is 0 Å². The molecule has 2 rings (SSSR count). The smallest absolute Gasteiger partial charge is 0.123 e. The Balaban J connectivity index is 2.04. The fourth-order valence-corrected chi connectivity index (χ4v) is 1.59. The van der Waals surface area contributed by atoms with E-state index in [-0.39, 0.29) is 0 Å². The second kappa shape index (κ2) is 4.82. The third kappa shape index (κ3) is 2.72. The van der Waals surface area contributed by atoms with Gasteiger partial charge >= 0.3 is 0 Å². The van der Waals surface area contributed by atoms with Gasteiger partial charge in [0.25, 0.3) is 0 Å². The number of hydrogen-bond acceptors (Lipinski definition) is 4. The van der Waals surface area contributed by atoms with Crippen LogP contribution >= 0.6 is 0 Å². The first-order valence-corrected chi connectivity index (χ1v) is 5.42. The van der Waals surface area contributed by atoms with Crippen LogP contribution in [0.15, 0.2) is 34.7 Å². The van der Waals surface area contributed by atoms with Gasteiger partial charge < -0.3 is 20.2 Å². The summed E-state index contributed by atoms with van der Waals surface area (Å²) in [5.41, 5.74) is 7.43. The molecule has 2 aromatic rings. The quantitative estimate of drug-likeness (QED) is 0.796. The van der Waals surface area contributed by atoms with Crippen LogP contribution in [-0.4, -0.2) is 7.11 Å². The van der Waals surface area contributed by atoms with E-state index in [1.54, 1.807) is 13.2 Å². The lowest BCUT2D eigenvalue weighted by molar-refractivity contribution is 0.415. The average Bonchev–Trinajstić information content (AvgIpc) is 2.73. The summed E-state index contributed by atoms with van der Waals surface area (Å²) in [5, 5.41) is 3.22. The fraction of sp³-hybridized carbons (Fsp3) is 0.231. The van der Waals surface area contributed by atoms with Crippen molar-refractivity contribution in [2.45, 2.75) is 13.5 Å². The highest BCUT2D eigenvalue weighted by Crippen LogP contribution is 2.24. The number of ether oxygens (including phenoxy) is 1. The molecule has 0 radical (unpaired) electrons. The SMILES string of the molecule is COc1ccc(NCc2ccc(C)o2)c(N)c1. The highest BCUT2D eigenvalue weighted by molar-refractivity contribution is 5.68. The predicted octanol–water partition coefficient (Wildman–Crippen LogP) is 2.79. The van der Waals surface area contributed by atoms with E-state index in [0.29, 0.717) is 12.2 Å². The van der Waals surface area contributed by atoms with Crippen LogP contribution in [0.3, 0.4) is 0 Å². The Morgan fingerprint density at radius 2 is 2.12 bits per heavy atom. The van der Waals surface area contributed by atoms with Crippen LogP contribution in [0.1, 0.15) is 11.5 Å². The number of hydrogen-bond donors (Lipinski definition) is 2. The van der Waals surface area contributed by atoms with Gasteiger partial charge in [0.05, 0.1) is 25.0 Å². The van der Waals surface area contributed by atoms with Gasteiger partial charge in [0.15, 0.2) is 0 Å². The monoisotopic (exact) mass is 232 g/mol. The Morgan fingerprint density at radius 1 is 1.29 bits per heavy atom. The summed E-state index contributed by atoms with van der Waals surface area (Å²) < 4.78 is 10.6. The van der Waals surface area contributed by atoms with Crippen molar-refractivity contribution in [3.63, 3.8) is 0 Å². The molecule has 1 heterocycles. The van der Waals surface area contributed by atoms with Gasteiger partial charge in [-0.1, -0.05) is 0 Å². The van der Waals surface area contributed by atoms with Gasteiger partial charge in [-0.25, -0.2) is 0 Å². The molecule has 0 saturated heterocycles. The number of anilines is 2. The van der Waals surface area contributed by atoms with Crippen LogP contribution in [-0.2, 0) is 6.54 Å². The zero-order chi connectivity index (χ0) is 12.3. The average molecular weight is 232 g/mol. The van der Waals surface area contributed by atoms with Crippen LogP contribution < -0.4 is 15.8 Å². The van der Waals surface area contributed by atoms with E-state index in [9.17, 15) is 0 Å². The van der Waals surface area contributed by atoms with Crippen molar-refractivity contribution in [2.24, 2.45) is 0 Å². The summed E-state index contributed by atoms with van der Waals surface area (Å²) in [6.07, 6.45) is 0. The molecule has 1 aromatic heterocycles. The van der Waals surface area contributed by atoms with Gasteiger partial charge in [-0.2, -0.15) is 0 Å². The molecule has 90 valence electrons. The topological polar surface area (TPSA) is 60.4 Å². The van der Waals surface area contributed by atoms with Crippen LogP contribution in [0, 0.1) is 6.92 Å². The van der Waals surface area contributed by atoms with E-state index in [4.69, 9.17) is 14.9 Å². The molecular weight excluding hydrogens is 216 g/mol. The normalized spacial score (nSPS) is 10.2. The Bertz CT molecular complexity index is 506. The van der Waals surface area contributed by atoms with Crippen molar-refractivity contribution in [3.8, 4) is 5.75 Å². The lowest BCUT2D eigenvalue weighted by Crippen LogP contribution is -2.01. The summed E-state index contributed by atoms with van der Waals surface area (Å²) in [7, 11) is 1.62. The highest BCUT2D eigenvalue weighted by Gasteiger charge is 2.02. The molecule has 0 aliphatic carbocycles. The maximum Gasteiger partial charge on any atom is 0.123 e. The molecule has 17 heavy (non-hydrogen) atoms. The third-order valence-corrected chi connectivity index (χ3v) is 2.51. The molecule has 0 unspecified atom stereocenters. The standard InChI is InChI=1S/C13H16N2O2/c1-9-3-4-11(17-9)8-15-13-6-5-10(16-2)7-12(13)14/h3-7,15H,8,14H2,1-2H3. The van der Waals surface area contributed by atoms with Crippen molar-refractivity contribution in [3.05, 3.63) is 41.9 Å². The second-order valence-corrected chi connectivity index (χ2v) is 3.82. The first-order valence-electron chi connectivity index (χ1n) is 5.42.